The molecule has 112 valence electrons. The molecule has 2 aromatic carbocycles. The predicted molar refractivity (Wildman–Crippen MR) is 86.9 cm³/mol. The zero-order valence-corrected chi connectivity index (χ0v) is 12.5. The van der Waals surface area contributed by atoms with Gasteiger partial charge in [0.1, 0.15) is 11.6 Å². The van der Waals surface area contributed by atoms with Crippen molar-refractivity contribution < 1.29 is 5.11 Å². The van der Waals surface area contributed by atoms with E-state index < -0.39 is 0 Å². The highest BCUT2D eigenvalue weighted by molar-refractivity contribution is 5.79. The summed E-state index contributed by atoms with van der Waals surface area (Å²) in [6.07, 6.45) is 0. The van der Waals surface area contributed by atoms with Crippen LogP contribution in [0.4, 0.5) is 0 Å². The van der Waals surface area contributed by atoms with Crippen molar-refractivity contribution in [1.82, 2.24) is 14.9 Å². The average Bonchev–Trinajstić information content (AvgIpc) is 2.49. The SMILES string of the molecule is CN(C)Cc1cc(-c2nc3ccccc3c(=O)[nH]2)ccc1O. The van der Waals surface area contributed by atoms with Crippen LogP contribution in [0.25, 0.3) is 22.3 Å². The van der Waals surface area contributed by atoms with Crippen molar-refractivity contribution in [3.05, 3.63) is 58.4 Å². The Morgan fingerprint density at radius 3 is 2.73 bits per heavy atom. The minimum absolute atomic E-state index is 0.164. The maximum Gasteiger partial charge on any atom is 0.259 e. The van der Waals surface area contributed by atoms with Crippen LogP contribution in [0.5, 0.6) is 5.75 Å². The van der Waals surface area contributed by atoms with E-state index in [0.717, 1.165) is 11.1 Å². The van der Waals surface area contributed by atoms with E-state index in [-0.39, 0.29) is 11.3 Å². The van der Waals surface area contributed by atoms with Crippen molar-refractivity contribution in [3.8, 4) is 17.1 Å². The third kappa shape index (κ3) is 2.71. The highest BCUT2D eigenvalue weighted by Gasteiger charge is 2.09. The van der Waals surface area contributed by atoms with Crippen LogP contribution in [0, 0.1) is 0 Å². The van der Waals surface area contributed by atoms with E-state index in [9.17, 15) is 9.90 Å². The van der Waals surface area contributed by atoms with Crippen LogP contribution in [-0.4, -0.2) is 34.1 Å². The summed E-state index contributed by atoms with van der Waals surface area (Å²) in [5.74, 6) is 0.740. The molecule has 0 aliphatic carbocycles. The standard InChI is InChI=1S/C17H17N3O2/c1-20(2)10-12-9-11(7-8-15(12)21)16-18-14-6-4-3-5-13(14)17(22)19-16/h3-9,21H,10H2,1-2H3,(H,18,19,22). The lowest BCUT2D eigenvalue weighted by Gasteiger charge is -2.12. The molecule has 3 rings (SSSR count). The molecule has 0 unspecified atom stereocenters. The second kappa shape index (κ2) is 5.61. The Kier molecular flexibility index (Phi) is 3.65. The summed E-state index contributed by atoms with van der Waals surface area (Å²) in [7, 11) is 3.87. The number of aromatic nitrogens is 2. The number of nitrogens with zero attached hydrogens (tertiary/aromatic N) is 2. The minimum Gasteiger partial charge on any atom is -0.508 e. The molecule has 22 heavy (non-hydrogen) atoms. The van der Waals surface area contributed by atoms with Gasteiger partial charge in [-0.2, -0.15) is 0 Å². The third-order valence-corrected chi connectivity index (χ3v) is 3.45. The van der Waals surface area contributed by atoms with Crippen LogP contribution in [-0.2, 0) is 6.54 Å². The zero-order chi connectivity index (χ0) is 15.7. The number of phenols is 1. The maximum atomic E-state index is 12.1. The number of phenolic OH excluding ortho intramolecular Hbond substituents is 1. The lowest BCUT2D eigenvalue weighted by atomic mass is 10.1. The van der Waals surface area contributed by atoms with Crippen molar-refractivity contribution >= 4 is 10.9 Å². The molecule has 0 radical (unpaired) electrons. The number of para-hydroxylation sites is 1. The van der Waals surface area contributed by atoms with Crippen molar-refractivity contribution in [2.75, 3.05) is 14.1 Å². The van der Waals surface area contributed by atoms with Crippen LogP contribution < -0.4 is 5.56 Å². The van der Waals surface area contributed by atoms with Crippen molar-refractivity contribution in [3.63, 3.8) is 0 Å². The number of H-pyrrole nitrogens is 1. The molecule has 0 aliphatic rings. The summed E-state index contributed by atoms with van der Waals surface area (Å²) < 4.78 is 0. The monoisotopic (exact) mass is 295 g/mol. The number of rotatable bonds is 3. The fraction of sp³-hybridized carbons (Fsp3) is 0.176. The fourth-order valence-corrected chi connectivity index (χ4v) is 2.42. The van der Waals surface area contributed by atoms with Gasteiger partial charge in [0.05, 0.1) is 10.9 Å². The minimum atomic E-state index is -0.164. The quantitative estimate of drug-likeness (QED) is 0.778. The first kappa shape index (κ1) is 14.3. The van der Waals surface area contributed by atoms with Gasteiger partial charge in [-0.25, -0.2) is 4.98 Å². The number of benzene rings is 2. The van der Waals surface area contributed by atoms with E-state index >= 15 is 0 Å². The molecule has 0 bridgehead atoms. The summed E-state index contributed by atoms with van der Waals surface area (Å²) in [5.41, 5.74) is 2.06. The number of fused-ring (bicyclic) bond motifs is 1. The Balaban J connectivity index is 2.13. The summed E-state index contributed by atoms with van der Waals surface area (Å²) in [6.45, 7) is 0.609. The highest BCUT2D eigenvalue weighted by Crippen LogP contribution is 2.25. The molecule has 0 saturated carbocycles. The summed E-state index contributed by atoms with van der Waals surface area (Å²) >= 11 is 0. The smallest absolute Gasteiger partial charge is 0.259 e. The predicted octanol–water partition coefficient (Wildman–Crippen LogP) is 2.36. The topological polar surface area (TPSA) is 69.2 Å². The van der Waals surface area contributed by atoms with Gasteiger partial charge >= 0.3 is 0 Å². The Bertz CT molecular complexity index is 884. The molecule has 1 aromatic heterocycles. The molecule has 5 nitrogen and oxygen atoms in total. The Labute approximate surface area is 127 Å². The lowest BCUT2D eigenvalue weighted by Crippen LogP contribution is -2.11. The van der Waals surface area contributed by atoms with Gasteiger partial charge in [0.15, 0.2) is 0 Å². The third-order valence-electron chi connectivity index (χ3n) is 3.45. The van der Waals surface area contributed by atoms with Crippen LogP contribution in [0.3, 0.4) is 0 Å². The Hall–Kier alpha value is -2.66. The van der Waals surface area contributed by atoms with Gasteiger partial charge in [0.2, 0.25) is 0 Å². The number of nitrogens with one attached hydrogen (secondary N) is 1. The van der Waals surface area contributed by atoms with E-state index in [0.29, 0.717) is 23.3 Å². The first-order valence-electron chi connectivity index (χ1n) is 7.00. The van der Waals surface area contributed by atoms with Crippen molar-refractivity contribution in [2.45, 2.75) is 6.54 Å². The summed E-state index contributed by atoms with van der Waals surface area (Å²) in [5, 5.41) is 10.5. The number of aromatic hydroxyl groups is 1. The van der Waals surface area contributed by atoms with Crippen molar-refractivity contribution in [1.29, 1.82) is 0 Å². The number of hydrogen-bond acceptors (Lipinski definition) is 4. The molecular weight excluding hydrogens is 278 g/mol. The molecule has 0 atom stereocenters. The van der Waals surface area contributed by atoms with Crippen LogP contribution in [0.2, 0.25) is 0 Å². The van der Waals surface area contributed by atoms with Crippen LogP contribution in [0.15, 0.2) is 47.3 Å². The molecule has 0 amide bonds. The zero-order valence-electron chi connectivity index (χ0n) is 12.5. The summed E-state index contributed by atoms with van der Waals surface area (Å²) in [4.78, 5) is 21.4. The van der Waals surface area contributed by atoms with Gasteiger partial charge in [-0.05, 0) is 44.4 Å². The largest absolute Gasteiger partial charge is 0.508 e. The van der Waals surface area contributed by atoms with Crippen molar-refractivity contribution in [2.24, 2.45) is 0 Å². The lowest BCUT2D eigenvalue weighted by molar-refractivity contribution is 0.386. The molecule has 2 N–H and O–H groups in total. The second-order valence-corrected chi connectivity index (χ2v) is 5.51. The van der Waals surface area contributed by atoms with Gasteiger partial charge in [0, 0.05) is 17.7 Å². The van der Waals surface area contributed by atoms with E-state index in [2.05, 4.69) is 9.97 Å². The first-order valence-corrected chi connectivity index (χ1v) is 7.00. The Morgan fingerprint density at radius 1 is 1.18 bits per heavy atom. The molecule has 5 heteroatoms. The van der Waals surface area contributed by atoms with Crippen LogP contribution in [0.1, 0.15) is 5.56 Å². The summed E-state index contributed by atoms with van der Waals surface area (Å²) in [6, 6.07) is 12.5. The van der Waals surface area contributed by atoms with Gasteiger partial charge in [-0.1, -0.05) is 12.1 Å². The van der Waals surface area contributed by atoms with E-state index in [1.807, 2.05) is 43.3 Å². The molecule has 3 aromatic rings. The van der Waals surface area contributed by atoms with E-state index in [1.165, 1.54) is 0 Å². The van der Waals surface area contributed by atoms with E-state index in [1.54, 1.807) is 18.2 Å². The fourth-order valence-electron chi connectivity index (χ4n) is 2.42. The molecule has 0 saturated heterocycles. The van der Waals surface area contributed by atoms with Gasteiger partial charge < -0.3 is 15.0 Å². The van der Waals surface area contributed by atoms with E-state index in [4.69, 9.17) is 0 Å². The Morgan fingerprint density at radius 2 is 1.95 bits per heavy atom. The van der Waals surface area contributed by atoms with Crippen LogP contribution >= 0.6 is 0 Å². The van der Waals surface area contributed by atoms with Gasteiger partial charge in [-0.3, -0.25) is 4.79 Å². The molecular formula is C17H17N3O2. The molecule has 0 spiro atoms. The number of hydrogen-bond donors (Lipinski definition) is 2. The average molecular weight is 295 g/mol. The van der Waals surface area contributed by atoms with Gasteiger partial charge in [-0.15, -0.1) is 0 Å². The molecule has 1 heterocycles. The second-order valence-electron chi connectivity index (χ2n) is 5.51. The normalized spacial score (nSPS) is 11.2. The van der Waals surface area contributed by atoms with Gasteiger partial charge in [0.25, 0.3) is 5.56 Å². The highest BCUT2D eigenvalue weighted by atomic mass is 16.3. The maximum absolute atomic E-state index is 12.1. The molecule has 0 aliphatic heterocycles. The molecule has 0 fully saturated rings. The number of aromatic amines is 1. The first-order chi connectivity index (χ1) is 10.5.